The van der Waals surface area contributed by atoms with Crippen molar-refractivity contribution in [2.24, 2.45) is 0 Å². The quantitative estimate of drug-likeness (QED) is 0.146. The molecule has 0 aromatic heterocycles. The first-order valence-electron chi connectivity index (χ1n) is 11.2. The molecule has 2 aromatic carbocycles. The summed E-state index contributed by atoms with van der Waals surface area (Å²) in [5.41, 5.74) is 1.51. The third kappa shape index (κ3) is 8.42. The maximum absolute atomic E-state index is 11.8. The smallest absolute Gasteiger partial charge is 0.282 e. The van der Waals surface area contributed by atoms with Gasteiger partial charge in [-0.3, -0.25) is 14.7 Å². The van der Waals surface area contributed by atoms with Crippen LogP contribution in [-0.4, -0.2) is 17.9 Å². The van der Waals surface area contributed by atoms with Gasteiger partial charge in [-0.15, -0.1) is 0 Å². The Kier molecular flexibility index (Phi) is 10.1. The molecular weight excluding hydrogens is 414 g/mol. The van der Waals surface area contributed by atoms with E-state index in [9.17, 15) is 23.1 Å². The van der Waals surface area contributed by atoms with Crippen LogP contribution in [0.25, 0.3) is 11.1 Å². The summed E-state index contributed by atoms with van der Waals surface area (Å²) in [6.45, 7) is 2.23. The minimum atomic E-state index is -4.45. The van der Waals surface area contributed by atoms with Crippen molar-refractivity contribution in [1.29, 1.82) is 0 Å². The van der Waals surface area contributed by atoms with Crippen molar-refractivity contribution >= 4 is 15.8 Å². The van der Waals surface area contributed by atoms with E-state index in [0.717, 1.165) is 24.8 Å². The van der Waals surface area contributed by atoms with Crippen LogP contribution in [-0.2, 0) is 16.5 Å². The molecule has 31 heavy (non-hydrogen) atoms. The molecule has 2 rings (SSSR count). The zero-order chi connectivity index (χ0) is 22.7. The Morgan fingerprint density at radius 3 is 2.06 bits per heavy atom. The Balaban J connectivity index is 1.98. The van der Waals surface area contributed by atoms with Crippen LogP contribution in [0.4, 0.5) is 5.69 Å². The molecular formula is C24H33NO5S. The molecule has 0 aliphatic carbocycles. The molecule has 0 saturated carbocycles. The van der Waals surface area contributed by atoms with Gasteiger partial charge in [-0.25, -0.2) is 0 Å². The van der Waals surface area contributed by atoms with Gasteiger partial charge in [0.1, 0.15) is 4.90 Å². The molecule has 0 spiro atoms. The summed E-state index contributed by atoms with van der Waals surface area (Å²) >= 11 is 0. The van der Waals surface area contributed by atoms with E-state index >= 15 is 0 Å². The Labute approximate surface area is 185 Å². The van der Waals surface area contributed by atoms with Crippen LogP contribution in [0, 0.1) is 10.1 Å². The summed E-state index contributed by atoms with van der Waals surface area (Å²) in [5.74, 6) is 0. The highest BCUT2D eigenvalue weighted by Gasteiger charge is 2.18. The van der Waals surface area contributed by atoms with Gasteiger partial charge in [0.15, 0.2) is 0 Å². The maximum Gasteiger partial charge on any atom is 0.295 e. The SMILES string of the molecule is CCCCCCCCCCCCc1ccc(S(=O)(=O)O)c(-c2cccc([N+](=O)[O-])c2)c1. The summed E-state index contributed by atoms with van der Waals surface area (Å²) in [6, 6.07) is 10.6. The minimum Gasteiger partial charge on any atom is -0.282 e. The largest absolute Gasteiger partial charge is 0.295 e. The molecule has 0 amide bonds. The summed E-state index contributed by atoms with van der Waals surface area (Å²) in [5, 5.41) is 11.1. The molecule has 0 aliphatic heterocycles. The van der Waals surface area contributed by atoms with Crippen LogP contribution in [0.5, 0.6) is 0 Å². The number of nitro benzene ring substituents is 1. The number of nitrogens with zero attached hydrogens (tertiary/aromatic N) is 1. The lowest BCUT2D eigenvalue weighted by molar-refractivity contribution is -0.384. The molecule has 0 bridgehead atoms. The Bertz CT molecular complexity index is 956. The molecule has 7 heteroatoms. The fraction of sp³-hybridized carbons (Fsp3) is 0.500. The summed E-state index contributed by atoms with van der Waals surface area (Å²) in [4.78, 5) is 10.3. The minimum absolute atomic E-state index is 0.126. The number of benzene rings is 2. The van der Waals surface area contributed by atoms with Crippen LogP contribution < -0.4 is 0 Å². The molecule has 0 fully saturated rings. The first kappa shape index (κ1) is 25.0. The average Bonchev–Trinajstić information content (AvgIpc) is 2.74. The van der Waals surface area contributed by atoms with Crippen LogP contribution >= 0.6 is 0 Å². The van der Waals surface area contributed by atoms with Crippen molar-refractivity contribution < 1.29 is 17.9 Å². The lowest BCUT2D eigenvalue weighted by Crippen LogP contribution is -2.02. The summed E-state index contributed by atoms with van der Waals surface area (Å²) < 4.78 is 33.2. The van der Waals surface area contributed by atoms with Gasteiger partial charge >= 0.3 is 0 Å². The molecule has 0 unspecified atom stereocenters. The van der Waals surface area contributed by atoms with E-state index in [1.54, 1.807) is 18.2 Å². The fourth-order valence-corrected chi connectivity index (χ4v) is 4.48. The Morgan fingerprint density at radius 2 is 1.48 bits per heavy atom. The van der Waals surface area contributed by atoms with Crippen LogP contribution in [0.2, 0.25) is 0 Å². The van der Waals surface area contributed by atoms with Gasteiger partial charge in [-0.1, -0.05) is 82.9 Å². The van der Waals surface area contributed by atoms with Crippen LogP contribution in [0.3, 0.4) is 0 Å². The number of non-ortho nitro benzene ring substituents is 1. The number of aryl methyl sites for hydroxylation is 1. The Hall–Kier alpha value is -2.25. The zero-order valence-electron chi connectivity index (χ0n) is 18.3. The van der Waals surface area contributed by atoms with Gasteiger partial charge in [-0.2, -0.15) is 8.42 Å². The molecule has 0 aliphatic rings. The van der Waals surface area contributed by atoms with Gasteiger partial charge in [-0.05, 0) is 36.1 Å². The molecule has 0 saturated heterocycles. The molecule has 6 nitrogen and oxygen atoms in total. The van der Waals surface area contributed by atoms with Gasteiger partial charge in [0.05, 0.1) is 4.92 Å². The van der Waals surface area contributed by atoms with E-state index in [2.05, 4.69) is 6.92 Å². The van der Waals surface area contributed by atoms with Crippen molar-refractivity contribution in [2.75, 3.05) is 0 Å². The number of hydrogen-bond acceptors (Lipinski definition) is 4. The van der Waals surface area contributed by atoms with Crippen molar-refractivity contribution in [3.05, 3.63) is 58.1 Å². The van der Waals surface area contributed by atoms with Gasteiger partial charge in [0.2, 0.25) is 0 Å². The van der Waals surface area contributed by atoms with E-state index < -0.39 is 15.0 Å². The third-order valence-corrected chi connectivity index (χ3v) is 6.42. The summed E-state index contributed by atoms with van der Waals surface area (Å²) in [7, 11) is -4.45. The third-order valence-electron chi connectivity index (χ3n) is 5.51. The highest BCUT2D eigenvalue weighted by Crippen LogP contribution is 2.31. The highest BCUT2D eigenvalue weighted by molar-refractivity contribution is 7.86. The Morgan fingerprint density at radius 1 is 0.871 bits per heavy atom. The molecule has 2 aromatic rings. The predicted octanol–water partition coefficient (Wildman–Crippen LogP) is 6.97. The lowest BCUT2D eigenvalue weighted by atomic mass is 9.99. The van der Waals surface area contributed by atoms with Crippen molar-refractivity contribution in [1.82, 2.24) is 0 Å². The van der Waals surface area contributed by atoms with E-state index in [4.69, 9.17) is 0 Å². The maximum atomic E-state index is 11.8. The van der Waals surface area contributed by atoms with Crippen LogP contribution in [0.1, 0.15) is 76.7 Å². The lowest BCUT2D eigenvalue weighted by Gasteiger charge is -2.11. The van der Waals surface area contributed by atoms with Crippen LogP contribution in [0.15, 0.2) is 47.4 Å². The first-order chi connectivity index (χ1) is 14.8. The second-order valence-electron chi connectivity index (χ2n) is 8.04. The van der Waals surface area contributed by atoms with E-state index in [1.807, 2.05) is 0 Å². The number of hydrogen-bond donors (Lipinski definition) is 1. The number of unbranched alkanes of at least 4 members (excludes halogenated alkanes) is 9. The fourth-order valence-electron chi connectivity index (χ4n) is 3.79. The number of rotatable bonds is 14. The van der Waals surface area contributed by atoms with Crippen molar-refractivity contribution in [3.8, 4) is 11.1 Å². The first-order valence-corrected chi connectivity index (χ1v) is 12.6. The van der Waals surface area contributed by atoms with Crippen molar-refractivity contribution in [2.45, 2.75) is 82.4 Å². The van der Waals surface area contributed by atoms with Gasteiger partial charge < -0.3 is 0 Å². The van der Waals surface area contributed by atoms with E-state index in [1.165, 1.54) is 75.6 Å². The molecule has 0 atom stereocenters. The highest BCUT2D eigenvalue weighted by atomic mass is 32.2. The molecule has 0 heterocycles. The monoisotopic (exact) mass is 447 g/mol. The summed E-state index contributed by atoms with van der Waals surface area (Å²) in [6.07, 6.45) is 13.2. The van der Waals surface area contributed by atoms with Crippen molar-refractivity contribution in [3.63, 3.8) is 0 Å². The predicted molar refractivity (Wildman–Crippen MR) is 124 cm³/mol. The second kappa shape index (κ2) is 12.6. The van der Waals surface area contributed by atoms with E-state index in [0.29, 0.717) is 5.56 Å². The molecule has 1 N–H and O–H groups in total. The standard InChI is InChI=1S/C24H33NO5S/c1-2-3-4-5-6-7-8-9-10-11-13-20-16-17-24(31(28,29)30)23(18-20)21-14-12-15-22(19-21)25(26)27/h12,14-19H,2-11,13H2,1H3,(H,28,29,30). The second-order valence-corrected chi connectivity index (χ2v) is 9.43. The normalized spacial score (nSPS) is 11.5. The zero-order valence-corrected chi connectivity index (χ0v) is 19.1. The van der Waals surface area contributed by atoms with Gasteiger partial charge in [0, 0.05) is 17.7 Å². The topological polar surface area (TPSA) is 97.5 Å². The molecule has 170 valence electrons. The van der Waals surface area contributed by atoms with E-state index in [-0.39, 0.29) is 16.1 Å². The number of nitro groups is 1. The average molecular weight is 448 g/mol. The molecule has 0 radical (unpaired) electrons. The van der Waals surface area contributed by atoms with Gasteiger partial charge in [0.25, 0.3) is 15.8 Å².